The number of nitrogens with zero attached hydrogens (tertiary/aromatic N) is 2. The van der Waals surface area contributed by atoms with Crippen LogP contribution in [0.2, 0.25) is 0 Å². The highest BCUT2D eigenvalue weighted by Crippen LogP contribution is 2.20. The molecule has 0 saturated carbocycles. The molecule has 0 amide bonds. The number of aromatic nitrogens is 2. The second-order valence-corrected chi connectivity index (χ2v) is 3.68. The van der Waals surface area contributed by atoms with Crippen LogP contribution < -0.4 is 5.32 Å². The van der Waals surface area contributed by atoms with E-state index in [1.54, 1.807) is 12.3 Å². The molecule has 0 radical (unpaired) electrons. The van der Waals surface area contributed by atoms with E-state index in [1.165, 1.54) is 0 Å². The highest BCUT2D eigenvalue weighted by atomic mass is 16.3. The van der Waals surface area contributed by atoms with Crippen LogP contribution in [0.15, 0.2) is 12.3 Å². The van der Waals surface area contributed by atoms with Crippen LogP contribution in [0.4, 0.5) is 0 Å². The van der Waals surface area contributed by atoms with Gasteiger partial charge in [-0.3, -0.25) is 0 Å². The Kier molecular flexibility index (Phi) is 2.74. The average Bonchev–Trinajstić information content (AvgIpc) is 2.69. The fourth-order valence-corrected chi connectivity index (χ4v) is 1.83. The number of aliphatic hydroxyl groups is 1. The molecule has 1 saturated heterocycles. The van der Waals surface area contributed by atoms with Gasteiger partial charge in [-0.25, -0.2) is 9.97 Å². The van der Waals surface area contributed by atoms with Crippen molar-refractivity contribution < 1.29 is 5.11 Å². The second kappa shape index (κ2) is 4.02. The summed E-state index contributed by atoms with van der Waals surface area (Å²) in [5.74, 6) is 0.708. The molecular weight excluding hydrogens is 178 g/mol. The maximum atomic E-state index is 9.99. The molecule has 2 rings (SSSR count). The van der Waals surface area contributed by atoms with Crippen molar-refractivity contribution in [1.29, 1.82) is 0 Å². The summed E-state index contributed by atoms with van der Waals surface area (Å²) in [6, 6.07) is 1.93. The average molecular weight is 193 g/mol. The molecule has 0 spiro atoms. The third-order valence-electron chi connectivity index (χ3n) is 2.58. The minimum absolute atomic E-state index is 0.157. The normalized spacial score (nSPS) is 23.7. The number of hydrogen-bond donors (Lipinski definition) is 2. The zero-order valence-electron chi connectivity index (χ0n) is 8.27. The molecule has 2 unspecified atom stereocenters. The molecule has 0 bridgehead atoms. The minimum Gasteiger partial charge on any atom is -0.385 e. The summed E-state index contributed by atoms with van der Waals surface area (Å²) in [6.07, 6.45) is 3.34. The predicted octanol–water partition coefficient (Wildman–Crippen LogP) is 0.570. The van der Waals surface area contributed by atoms with Crippen LogP contribution >= 0.6 is 0 Å². The molecule has 1 aliphatic heterocycles. The van der Waals surface area contributed by atoms with Gasteiger partial charge in [0.2, 0.25) is 0 Å². The lowest BCUT2D eigenvalue weighted by atomic mass is 10.1. The number of aliphatic hydroxyl groups excluding tert-OH is 1. The van der Waals surface area contributed by atoms with E-state index in [1.807, 2.05) is 6.92 Å². The Labute approximate surface area is 83.4 Å². The van der Waals surface area contributed by atoms with Gasteiger partial charge in [0.15, 0.2) is 0 Å². The Morgan fingerprint density at radius 3 is 3.14 bits per heavy atom. The first-order valence-corrected chi connectivity index (χ1v) is 4.98. The van der Waals surface area contributed by atoms with E-state index in [0.717, 1.165) is 25.1 Å². The summed E-state index contributed by atoms with van der Waals surface area (Å²) < 4.78 is 0. The van der Waals surface area contributed by atoms with Gasteiger partial charge in [-0.05, 0) is 32.4 Å². The van der Waals surface area contributed by atoms with Crippen molar-refractivity contribution >= 4 is 0 Å². The number of aryl methyl sites for hydroxylation is 1. The molecule has 1 fully saturated rings. The lowest BCUT2D eigenvalue weighted by molar-refractivity contribution is 0.133. The van der Waals surface area contributed by atoms with E-state index >= 15 is 0 Å². The van der Waals surface area contributed by atoms with Crippen LogP contribution in [0.25, 0.3) is 0 Å². The van der Waals surface area contributed by atoms with Gasteiger partial charge in [0.1, 0.15) is 11.9 Å². The van der Waals surface area contributed by atoms with Gasteiger partial charge in [0.25, 0.3) is 0 Å². The Morgan fingerprint density at radius 1 is 1.64 bits per heavy atom. The Balaban J connectivity index is 2.13. The number of rotatable bonds is 2. The first-order valence-electron chi connectivity index (χ1n) is 4.98. The van der Waals surface area contributed by atoms with Crippen molar-refractivity contribution in [3.8, 4) is 0 Å². The van der Waals surface area contributed by atoms with Gasteiger partial charge in [-0.2, -0.15) is 0 Å². The van der Waals surface area contributed by atoms with Crippen molar-refractivity contribution in [3.05, 3.63) is 23.8 Å². The van der Waals surface area contributed by atoms with E-state index in [-0.39, 0.29) is 6.04 Å². The van der Waals surface area contributed by atoms with E-state index in [0.29, 0.717) is 5.82 Å². The molecule has 2 N–H and O–H groups in total. The van der Waals surface area contributed by atoms with E-state index in [2.05, 4.69) is 15.3 Å². The van der Waals surface area contributed by atoms with E-state index in [4.69, 9.17) is 0 Å². The molecule has 0 aromatic carbocycles. The van der Waals surface area contributed by atoms with Crippen molar-refractivity contribution in [2.75, 3.05) is 6.54 Å². The summed E-state index contributed by atoms with van der Waals surface area (Å²) in [4.78, 5) is 8.22. The van der Waals surface area contributed by atoms with Gasteiger partial charge in [0, 0.05) is 12.2 Å². The third-order valence-corrected chi connectivity index (χ3v) is 2.58. The summed E-state index contributed by atoms with van der Waals surface area (Å²) in [6.45, 7) is 2.82. The fraction of sp³-hybridized carbons (Fsp3) is 0.600. The van der Waals surface area contributed by atoms with E-state index in [9.17, 15) is 5.11 Å². The van der Waals surface area contributed by atoms with Crippen molar-refractivity contribution in [2.45, 2.75) is 31.9 Å². The zero-order valence-corrected chi connectivity index (χ0v) is 8.27. The Hall–Kier alpha value is -1.00. The SMILES string of the molecule is Cc1nccc(C(O)C2CCCN2)n1. The summed E-state index contributed by atoms with van der Waals surface area (Å²) >= 11 is 0. The molecule has 14 heavy (non-hydrogen) atoms. The maximum Gasteiger partial charge on any atom is 0.125 e. The molecule has 0 aliphatic carbocycles. The fourth-order valence-electron chi connectivity index (χ4n) is 1.83. The topological polar surface area (TPSA) is 58.0 Å². The largest absolute Gasteiger partial charge is 0.385 e. The van der Waals surface area contributed by atoms with Gasteiger partial charge in [-0.15, -0.1) is 0 Å². The lowest BCUT2D eigenvalue weighted by Crippen LogP contribution is -2.29. The van der Waals surface area contributed by atoms with Gasteiger partial charge in [-0.1, -0.05) is 0 Å². The van der Waals surface area contributed by atoms with Crippen molar-refractivity contribution in [2.24, 2.45) is 0 Å². The first kappa shape index (κ1) is 9.55. The maximum absolute atomic E-state index is 9.99. The molecule has 1 aliphatic rings. The smallest absolute Gasteiger partial charge is 0.125 e. The molecule has 2 heterocycles. The van der Waals surface area contributed by atoms with Crippen molar-refractivity contribution in [1.82, 2.24) is 15.3 Å². The summed E-state index contributed by atoms with van der Waals surface area (Å²) in [5.41, 5.74) is 0.719. The number of nitrogens with one attached hydrogen (secondary N) is 1. The standard InChI is InChI=1S/C10H15N3O/c1-7-11-6-4-9(13-7)10(14)8-3-2-5-12-8/h4,6,8,10,12,14H,2-3,5H2,1H3. The van der Waals surface area contributed by atoms with Crippen LogP contribution in [0.1, 0.15) is 30.5 Å². The number of hydrogen-bond acceptors (Lipinski definition) is 4. The zero-order chi connectivity index (χ0) is 9.97. The van der Waals surface area contributed by atoms with Crippen LogP contribution in [0, 0.1) is 6.92 Å². The Bertz CT molecular complexity index is 310. The highest BCUT2D eigenvalue weighted by Gasteiger charge is 2.24. The highest BCUT2D eigenvalue weighted by molar-refractivity contribution is 5.08. The van der Waals surface area contributed by atoms with Crippen LogP contribution in [-0.4, -0.2) is 27.7 Å². The summed E-state index contributed by atoms with van der Waals surface area (Å²) in [7, 11) is 0. The quantitative estimate of drug-likeness (QED) is 0.721. The Morgan fingerprint density at radius 2 is 2.50 bits per heavy atom. The van der Waals surface area contributed by atoms with Gasteiger partial charge < -0.3 is 10.4 Å². The lowest BCUT2D eigenvalue weighted by Gasteiger charge is -2.17. The molecule has 1 aromatic rings. The van der Waals surface area contributed by atoms with Crippen LogP contribution in [-0.2, 0) is 0 Å². The minimum atomic E-state index is -0.501. The molecule has 4 heteroatoms. The molecule has 1 aromatic heterocycles. The monoisotopic (exact) mass is 193 g/mol. The first-order chi connectivity index (χ1) is 6.77. The van der Waals surface area contributed by atoms with Crippen LogP contribution in [0.5, 0.6) is 0 Å². The van der Waals surface area contributed by atoms with Crippen molar-refractivity contribution in [3.63, 3.8) is 0 Å². The van der Waals surface area contributed by atoms with E-state index < -0.39 is 6.10 Å². The van der Waals surface area contributed by atoms with Crippen LogP contribution in [0.3, 0.4) is 0 Å². The molecular formula is C10H15N3O. The second-order valence-electron chi connectivity index (χ2n) is 3.68. The molecule has 76 valence electrons. The van der Waals surface area contributed by atoms with Gasteiger partial charge in [0.05, 0.1) is 5.69 Å². The molecule has 2 atom stereocenters. The third kappa shape index (κ3) is 1.91. The summed E-state index contributed by atoms with van der Waals surface area (Å²) in [5, 5.41) is 13.3. The predicted molar refractivity (Wildman–Crippen MR) is 52.8 cm³/mol. The molecule has 4 nitrogen and oxygen atoms in total. The van der Waals surface area contributed by atoms with Gasteiger partial charge >= 0.3 is 0 Å².